The summed E-state index contributed by atoms with van der Waals surface area (Å²) in [4.78, 5) is 69.7. The molecule has 50 heavy (non-hydrogen) atoms. The molecule has 0 unspecified atom stereocenters. The van der Waals surface area contributed by atoms with Gasteiger partial charge in [0.15, 0.2) is 9.84 Å². The molecule has 280 valence electrons. The first-order chi connectivity index (χ1) is 23.4. The van der Waals surface area contributed by atoms with Crippen LogP contribution in [-0.2, 0) is 29.0 Å². The number of rotatable bonds is 14. The number of nitrogens with one attached hydrogen (secondary N) is 4. The predicted octanol–water partition coefficient (Wildman–Crippen LogP) is 3.40. The molecule has 13 heteroatoms. The van der Waals surface area contributed by atoms with Crippen molar-refractivity contribution in [2.75, 3.05) is 18.8 Å². The second kappa shape index (κ2) is 14.6. The summed E-state index contributed by atoms with van der Waals surface area (Å²) in [5, 5.41) is 11.0. The van der Waals surface area contributed by atoms with Crippen molar-refractivity contribution in [1.29, 1.82) is 0 Å². The number of hydrogen-bond donors (Lipinski definition) is 4. The molecule has 4 aliphatic carbocycles. The van der Waals surface area contributed by atoms with Gasteiger partial charge in [0.2, 0.25) is 17.6 Å². The topological polar surface area (TPSA) is 171 Å². The number of Topliss-reactive ketones (excluding diaryl/α,β-unsaturated/α-hetero) is 1. The van der Waals surface area contributed by atoms with Gasteiger partial charge in [-0.3, -0.25) is 19.2 Å². The quantitative estimate of drug-likeness (QED) is 0.158. The van der Waals surface area contributed by atoms with Gasteiger partial charge in [-0.25, -0.2) is 13.2 Å². The summed E-state index contributed by atoms with van der Waals surface area (Å²) < 4.78 is 27.0. The van der Waals surface area contributed by atoms with Crippen LogP contribution < -0.4 is 21.3 Å². The number of nitrogens with zero attached hydrogens (tertiary/aromatic N) is 1. The number of carbonyl (C=O) groups is 5. The number of carbonyl (C=O) groups excluding carboxylic acids is 5. The third-order valence-electron chi connectivity index (χ3n) is 12.2. The van der Waals surface area contributed by atoms with Gasteiger partial charge >= 0.3 is 6.03 Å². The van der Waals surface area contributed by atoms with Gasteiger partial charge in [-0.15, -0.1) is 6.58 Å². The van der Waals surface area contributed by atoms with Crippen molar-refractivity contribution < 1.29 is 32.4 Å². The van der Waals surface area contributed by atoms with E-state index in [0.717, 1.165) is 44.9 Å². The summed E-state index contributed by atoms with van der Waals surface area (Å²) in [5.74, 6) is -2.30. The van der Waals surface area contributed by atoms with Gasteiger partial charge < -0.3 is 26.2 Å². The van der Waals surface area contributed by atoms with Crippen LogP contribution in [0.2, 0.25) is 0 Å². The van der Waals surface area contributed by atoms with E-state index in [0.29, 0.717) is 38.6 Å². The first-order valence-corrected chi connectivity index (χ1v) is 20.5. The summed E-state index contributed by atoms with van der Waals surface area (Å²) in [6.07, 6.45) is 10.5. The highest BCUT2D eigenvalue weighted by Crippen LogP contribution is 2.65. The van der Waals surface area contributed by atoms with E-state index in [4.69, 9.17) is 0 Å². The van der Waals surface area contributed by atoms with Gasteiger partial charge in [-0.2, -0.15) is 0 Å². The van der Waals surface area contributed by atoms with Gasteiger partial charge in [-0.05, 0) is 60.7 Å². The number of likely N-dealkylation sites (tertiary alicyclic amines) is 1. The molecular weight excluding hydrogens is 659 g/mol. The van der Waals surface area contributed by atoms with Gasteiger partial charge in [0.25, 0.3) is 5.91 Å². The molecule has 12 nitrogen and oxygen atoms in total. The summed E-state index contributed by atoms with van der Waals surface area (Å²) in [5.41, 5.74) is -1.85. The largest absolute Gasteiger partial charge is 0.346 e. The highest BCUT2D eigenvalue weighted by Gasteiger charge is 2.70. The number of ketones is 1. The average Bonchev–Trinajstić information content (AvgIpc) is 3.72. The molecule has 0 aromatic heterocycles. The fourth-order valence-electron chi connectivity index (χ4n) is 8.91. The van der Waals surface area contributed by atoms with Crippen LogP contribution in [0.4, 0.5) is 4.79 Å². The Bertz CT molecular complexity index is 1450. The molecule has 0 aromatic rings. The van der Waals surface area contributed by atoms with Crippen molar-refractivity contribution >= 4 is 39.4 Å². The Balaban J connectivity index is 1.33. The van der Waals surface area contributed by atoms with Crippen LogP contribution in [0, 0.1) is 28.6 Å². The summed E-state index contributed by atoms with van der Waals surface area (Å²) >= 11 is 0. The zero-order chi connectivity index (χ0) is 36.6. The number of fused-ring (bicyclic) bond motifs is 1. The molecule has 1 aliphatic heterocycles. The smallest absolute Gasteiger partial charge is 0.315 e. The lowest BCUT2D eigenvalue weighted by Gasteiger charge is -2.41. The SMILES string of the molecule is C=CCNC(=O)C(=O)[C@H](CC1CC1)NC(=O)[C@@H]1[C@@H]2[C@H](CN1C(=O)[C@@H](NC(=O)NC1(CS(=O)(=O)C3CCCC3)CCCCC1)C(C)(C)C)C2(C)C. The molecule has 4 saturated carbocycles. The van der Waals surface area contributed by atoms with E-state index in [1.165, 1.54) is 6.08 Å². The maximum atomic E-state index is 14.5. The van der Waals surface area contributed by atoms with Gasteiger partial charge in [0, 0.05) is 13.1 Å². The molecular formula is C37H59N5O7S. The molecule has 0 bridgehead atoms. The Morgan fingerprint density at radius 1 is 0.940 bits per heavy atom. The van der Waals surface area contributed by atoms with Crippen molar-refractivity contribution in [3.8, 4) is 0 Å². The van der Waals surface area contributed by atoms with Crippen LogP contribution in [0.25, 0.3) is 0 Å². The average molecular weight is 718 g/mol. The van der Waals surface area contributed by atoms with Crippen molar-refractivity contribution in [3.63, 3.8) is 0 Å². The Kier molecular flexibility index (Phi) is 11.2. The molecule has 5 amide bonds. The Morgan fingerprint density at radius 2 is 1.58 bits per heavy atom. The standard InChI is InChI=1S/C37H59N5O7S/c1-7-19-38-32(45)29(43)26(20-23-15-16-23)39-31(44)28-27-25(36(27,5)6)21-42(28)33(46)30(35(2,3)4)40-34(47)41-37(17-11-8-12-18-37)22-50(48,49)24-13-9-10-14-24/h7,23-28,30H,1,8-22H2,2-6H3,(H,38,45)(H,39,44)(H2,40,41,47)/t25-,26-,27-,28-,30+/m0/s1. The molecule has 1 heterocycles. The second-order valence-corrected chi connectivity index (χ2v) is 19.7. The van der Waals surface area contributed by atoms with Crippen LogP contribution in [0.5, 0.6) is 0 Å². The fourth-order valence-corrected chi connectivity index (χ4v) is 11.3. The summed E-state index contributed by atoms with van der Waals surface area (Å²) in [6.45, 7) is 13.7. The molecule has 1 saturated heterocycles. The highest BCUT2D eigenvalue weighted by atomic mass is 32.2. The fraction of sp³-hybridized carbons (Fsp3) is 0.811. The van der Waals surface area contributed by atoms with Crippen molar-refractivity contribution in [2.45, 2.75) is 141 Å². The number of urea groups is 1. The van der Waals surface area contributed by atoms with Crippen LogP contribution in [0.15, 0.2) is 12.7 Å². The normalized spacial score (nSPS) is 27.0. The maximum absolute atomic E-state index is 14.5. The lowest BCUT2D eigenvalue weighted by atomic mass is 9.83. The van der Waals surface area contributed by atoms with Crippen molar-refractivity contribution in [1.82, 2.24) is 26.2 Å². The number of hydrogen-bond acceptors (Lipinski definition) is 7. The van der Waals surface area contributed by atoms with E-state index in [-0.39, 0.29) is 40.7 Å². The van der Waals surface area contributed by atoms with Crippen LogP contribution >= 0.6 is 0 Å². The minimum absolute atomic E-state index is 0.0661. The lowest BCUT2D eigenvalue weighted by Crippen LogP contribution is -2.64. The predicted molar refractivity (Wildman–Crippen MR) is 191 cm³/mol. The van der Waals surface area contributed by atoms with Gasteiger partial charge in [0.05, 0.1) is 22.6 Å². The van der Waals surface area contributed by atoms with E-state index in [1.54, 1.807) is 4.90 Å². The van der Waals surface area contributed by atoms with Crippen LogP contribution in [0.3, 0.4) is 0 Å². The minimum atomic E-state index is -3.42. The minimum Gasteiger partial charge on any atom is -0.346 e. The first-order valence-electron chi connectivity index (χ1n) is 18.7. The second-order valence-electron chi connectivity index (χ2n) is 17.4. The lowest BCUT2D eigenvalue weighted by molar-refractivity contribution is -0.145. The monoisotopic (exact) mass is 717 g/mol. The third kappa shape index (κ3) is 8.39. The van der Waals surface area contributed by atoms with E-state index in [2.05, 4.69) is 41.7 Å². The first kappa shape index (κ1) is 38.3. The van der Waals surface area contributed by atoms with E-state index >= 15 is 0 Å². The molecule has 5 fully saturated rings. The van der Waals surface area contributed by atoms with Crippen LogP contribution in [-0.4, -0.2) is 90.6 Å². The number of piperidine rings is 1. The van der Waals surface area contributed by atoms with Crippen molar-refractivity contribution in [2.24, 2.45) is 28.6 Å². The molecule has 5 atom stereocenters. The third-order valence-corrected chi connectivity index (χ3v) is 14.6. The number of sulfone groups is 1. The van der Waals surface area contributed by atoms with Gasteiger partial charge in [0.1, 0.15) is 12.1 Å². The zero-order valence-electron chi connectivity index (χ0n) is 30.6. The number of amides is 5. The highest BCUT2D eigenvalue weighted by molar-refractivity contribution is 7.92. The summed E-state index contributed by atoms with van der Waals surface area (Å²) in [6, 6.07) is -3.48. The zero-order valence-corrected chi connectivity index (χ0v) is 31.5. The van der Waals surface area contributed by atoms with Crippen molar-refractivity contribution in [3.05, 3.63) is 12.7 Å². The Morgan fingerprint density at radius 3 is 2.16 bits per heavy atom. The van der Waals surface area contributed by atoms with E-state index < -0.39 is 68.5 Å². The molecule has 0 radical (unpaired) electrons. The Hall–Kier alpha value is -2.96. The molecule has 5 aliphatic rings. The molecule has 0 aromatic carbocycles. The molecule has 5 rings (SSSR count). The van der Waals surface area contributed by atoms with E-state index in [9.17, 15) is 32.4 Å². The Labute approximate surface area is 298 Å². The van der Waals surface area contributed by atoms with Gasteiger partial charge in [-0.1, -0.05) is 85.6 Å². The van der Waals surface area contributed by atoms with E-state index in [1.807, 2.05) is 20.8 Å². The molecule has 0 spiro atoms. The maximum Gasteiger partial charge on any atom is 0.315 e. The van der Waals surface area contributed by atoms with Crippen LogP contribution in [0.1, 0.15) is 112 Å². The molecule has 4 N–H and O–H groups in total. The summed E-state index contributed by atoms with van der Waals surface area (Å²) in [7, 11) is -3.42.